The van der Waals surface area contributed by atoms with Crippen LogP contribution in [-0.4, -0.2) is 27.8 Å². The second-order valence-electron chi connectivity index (χ2n) is 6.20. The Morgan fingerprint density at radius 1 is 1.21 bits per heavy atom. The van der Waals surface area contributed by atoms with Crippen molar-refractivity contribution in [3.05, 3.63) is 64.3 Å². The van der Waals surface area contributed by atoms with Crippen molar-refractivity contribution in [2.24, 2.45) is 15.7 Å². The molecule has 29 heavy (non-hydrogen) atoms. The van der Waals surface area contributed by atoms with Gasteiger partial charge in [-0.05, 0) is 24.3 Å². The first-order valence-electron chi connectivity index (χ1n) is 8.61. The van der Waals surface area contributed by atoms with Crippen molar-refractivity contribution >= 4 is 68.6 Å². The number of fused-ring (bicyclic) bond motifs is 1. The van der Waals surface area contributed by atoms with E-state index in [0.29, 0.717) is 20.9 Å². The molecule has 1 aliphatic heterocycles. The number of aromatic amines is 1. The highest BCUT2D eigenvalue weighted by Gasteiger charge is 2.20. The summed E-state index contributed by atoms with van der Waals surface area (Å²) < 4.78 is 0. The number of amidine groups is 1. The molecule has 0 radical (unpaired) electrons. The lowest BCUT2D eigenvalue weighted by atomic mass is 10.1. The lowest BCUT2D eigenvalue weighted by Crippen LogP contribution is -2.39. The Hall–Kier alpha value is -2.68. The van der Waals surface area contributed by atoms with Crippen LogP contribution in [0.2, 0.25) is 10.0 Å². The number of halogens is 2. The molecule has 0 aliphatic carbocycles. The van der Waals surface area contributed by atoms with Gasteiger partial charge in [0.15, 0.2) is 17.3 Å². The third-order valence-corrected chi connectivity index (χ3v) is 5.63. The second kappa shape index (κ2) is 8.36. The quantitative estimate of drug-likeness (QED) is 0.483. The van der Waals surface area contributed by atoms with Gasteiger partial charge in [-0.1, -0.05) is 53.2 Å². The van der Waals surface area contributed by atoms with Crippen molar-refractivity contribution in [1.29, 1.82) is 0 Å². The smallest absolute Gasteiger partial charge is 0.234 e. The number of nitrogens with one attached hydrogen (secondary N) is 3. The first-order valence-corrected chi connectivity index (χ1v) is 10.4. The molecule has 0 saturated carbocycles. The largest absolute Gasteiger partial charge is 0.370 e. The molecule has 0 spiro atoms. The van der Waals surface area contributed by atoms with E-state index in [-0.39, 0.29) is 17.6 Å². The number of para-hydroxylation sites is 1. The predicted octanol–water partition coefficient (Wildman–Crippen LogP) is 4.12. The fraction of sp³-hybridized carbons (Fsp3) is 0.105. The normalized spacial score (nSPS) is 16.1. The number of anilines is 1. The molecule has 2 heterocycles. The summed E-state index contributed by atoms with van der Waals surface area (Å²) in [5.41, 5.74) is 8.31. The van der Waals surface area contributed by atoms with Gasteiger partial charge in [0.2, 0.25) is 5.91 Å². The number of guanidine groups is 1. The van der Waals surface area contributed by atoms with Gasteiger partial charge in [0, 0.05) is 27.7 Å². The Kier molecular flexibility index (Phi) is 5.66. The molecule has 0 saturated heterocycles. The number of hydrogen-bond acceptors (Lipinski definition) is 6. The number of hydrogen-bond donors (Lipinski definition) is 4. The average Bonchev–Trinajstić information content (AvgIpc) is 3.13. The van der Waals surface area contributed by atoms with Crippen molar-refractivity contribution in [2.45, 2.75) is 6.17 Å². The zero-order valence-electron chi connectivity index (χ0n) is 14.9. The summed E-state index contributed by atoms with van der Waals surface area (Å²) in [6.45, 7) is 0. The fourth-order valence-electron chi connectivity index (χ4n) is 2.88. The first kappa shape index (κ1) is 19.6. The zero-order valence-corrected chi connectivity index (χ0v) is 17.3. The van der Waals surface area contributed by atoms with E-state index in [9.17, 15) is 4.79 Å². The fourth-order valence-corrected chi connectivity index (χ4v) is 3.91. The summed E-state index contributed by atoms with van der Waals surface area (Å²) in [7, 11) is 0. The number of carbonyl (C=O) groups excluding carboxylic acids is 1. The molecule has 148 valence electrons. The lowest BCUT2D eigenvalue weighted by molar-refractivity contribution is -0.113. The number of carbonyl (C=O) groups is 1. The summed E-state index contributed by atoms with van der Waals surface area (Å²) in [5, 5.41) is 8.08. The Morgan fingerprint density at radius 3 is 2.90 bits per heavy atom. The van der Waals surface area contributed by atoms with Crippen LogP contribution in [0.4, 0.5) is 5.69 Å². The molecule has 1 aromatic heterocycles. The maximum Gasteiger partial charge on any atom is 0.234 e. The minimum Gasteiger partial charge on any atom is -0.370 e. The van der Waals surface area contributed by atoms with Crippen LogP contribution in [0.3, 0.4) is 0 Å². The summed E-state index contributed by atoms with van der Waals surface area (Å²) in [6.07, 6.45) is 1.39. The molecular weight excluding hydrogens is 431 g/mol. The molecule has 1 atom stereocenters. The highest BCUT2D eigenvalue weighted by atomic mass is 35.5. The molecule has 2 aromatic carbocycles. The summed E-state index contributed by atoms with van der Waals surface area (Å²) in [4.78, 5) is 24.5. The van der Waals surface area contributed by atoms with Gasteiger partial charge in [0.25, 0.3) is 0 Å². The predicted molar refractivity (Wildman–Crippen MR) is 121 cm³/mol. The van der Waals surface area contributed by atoms with Gasteiger partial charge >= 0.3 is 0 Å². The highest BCUT2D eigenvalue weighted by molar-refractivity contribution is 8.14. The van der Waals surface area contributed by atoms with Gasteiger partial charge in [-0.25, -0.2) is 9.98 Å². The zero-order chi connectivity index (χ0) is 20.4. The summed E-state index contributed by atoms with van der Waals surface area (Å²) in [5.74, 6) is 0.118. The molecular formula is C19H16Cl2N6OS. The molecule has 0 bridgehead atoms. The second-order valence-corrected chi connectivity index (χ2v) is 8.01. The van der Waals surface area contributed by atoms with Gasteiger partial charge in [-0.3, -0.25) is 4.79 Å². The van der Waals surface area contributed by atoms with E-state index in [4.69, 9.17) is 28.9 Å². The number of aliphatic imine (C=N–C) groups is 2. The molecule has 1 amide bonds. The van der Waals surface area contributed by atoms with Gasteiger partial charge in [-0.2, -0.15) is 0 Å². The Balaban J connectivity index is 1.46. The van der Waals surface area contributed by atoms with Crippen LogP contribution < -0.4 is 16.4 Å². The molecule has 7 nitrogen and oxygen atoms in total. The number of nitrogens with two attached hydrogens (primary N) is 1. The molecule has 4 rings (SSSR count). The molecule has 0 fully saturated rings. The molecule has 3 aromatic rings. The van der Waals surface area contributed by atoms with E-state index in [1.807, 2.05) is 30.5 Å². The van der Waals surface area contributed by atoms with Crippen molar-refractivity contribution in [1.82, 2.24) is 10.3 Å². The maximum atomic E-state index is 12.3. The number of H-pyrrole nitrogens is 1. The van der Waals surface area contributed by atoms with E-state index >= 15 is 0 Å². The highest BCUT2D eigenvalue weighted by Crippen LogP contribution is 2.30. The van der Waals surface area contributed by atoms with Crippen molar-refractivity contribution in [3.63, 3.8) is 0 Å². The Morgan fingerprint density at radius 2 is 2.03 bits per heavy atom. The number of nitrogens with zero attached hydrogens (tertiary/aromatic N) is 2. The van der Waals surface area contributed by atoms with E-state index < -0.39 is 6.17 Å². The van der Waals surface area contributed by atoms with E-state index in [1.54, 1.807) is 18.2 Å². The van der Waals surface area contributed by atoms with Gasteiger partial charge in [0.1, 0.15) is 0 Å². The minimum atomic E-state index is -0.486. The Bertz CT molecular complexity index is 1140. The first-order chi connectivity index (χ1) is 14.0. The number of thioether (sulfide) groups is 1. The number of amides is 1. The molecule has 1 aliphatic rings. The number of aromatic nitrogens is 1. The lowest BCUT2D eigenvalue weighted by Gasteiger charge is -2.18. The van der Waals surface area contributed by atoms with Crippen LogP contribution in [0.25, 0.3) is 10.9 Å². The number of benzene rings is 2. The average molecular weight is 447 g/mol. The molecule has 1 unspecified atom stereocenters. The van der Waals surface area contributed by atoms with Crippen LogP contribution in [0.5, 0.6) is 0 Å². The van der Waals surface area contributed by atoms with Crippen molar-refractivity contribution < 1.29 is 4.79 Å². The topological polar surface area (TPSA) is 108 Å². The molecule has 10 heteroatoms. The van der Waals surface area contributed by atoms with Crippen LogP contribution in [0, 0.1) is 0 Å². The van der Waals surface area contributed by atoms with Crippen molar-refractivity contribution in [3.8, 4) is 0 Å². The van der Waals surface area contributed by atoms with Crippen molar-refractivity contribution in [2.75, 3.05) is 11.1 Å². The van der Waals surface area contributed by atoms with E-state index in [1.165, 1.54) is 11.8 Å². The van der Waals surface area contributed by atoms with Gasteiger partial charge in [-0.15, -0.1) is 0 Å². The molecule has 5 N–H and O–H groups in total. The Labute approximate surface area is 180 Å². The third kappa shape index (κ3) is 4.50. The SMILES string of the molecule is NC1=NC(c2c[nH]c3ccccc23)N=C(SCC(=O)Nc2cc(Cl)ccc2Cl)N1. The maximum absolute atomic E-state index is 12.3. The summed E-state index contributed by atoms with van der Waals surface area (Å²) in [6, 6.07) is 12.8. The van der Waals surface area contributed by atoms with Gasteiger partial charge in [0.05, 0.1) is 16.5 Å². The standard InChI is InChI=1S/C19H16Cl2N6OS/c20-10-5-6-13(21)15(7-10)24-16(28)9-29-19-26-17(25-18(22)27-19)12-8-23-14-4-2-1-3-11(12)14/h1-8,17,23H,9H2,(H,24,28)(H3,22,25,26,27). The van der Waals surface area contributed by atoms with Crippen LogP contribution in [0.15, 0.2) is 58.6 Å². The monoisotopic (exact) mass is 446 g/mol. The van der Waals surface area contributed by atoms with Crippen LogP contribution in [0.1, 0.15) is 11.7 Å². The third-order valence-electron chi connectivity index (χ3n) is 4.18. The number of rotatable bonds is 4. The van der Waals surface area contributed by atoms with E-state index in [2.05, 4.69) is 25.6 Å². The minimum absolute atomic E-state index is 0.114. The van der Waals surface area contributed by atoms with E-state index in [0.717, 1.165) is 16.5 Å². The van der Waals surface area contributed by atoms with Crippen LogP contribution in [-0.2, 0) is 4.79 Å². The summed E-state index contributed by atoms with van der Waals surface area (Å²) >= 11 is 13.3. The van der Waals surface area contributed by atoms with Gasteiger partial charge < -0.3 is 21.4 Å². The van der Waals surface area contributed by atoms with Crippen LogP contribution >= 0.6 is 35.0 Å².